The minimum Gasteiger partial charge on any atom is -0.492 e. The quantitative estimate of drug-likeness (QED) is 0.606. The minimum atomic E-state index is -4.70. The molecule has 0 bridgehead atoms. The Morgan fingerprint density at radius 2 is 1.62 bits per heavy atom. The Hall–Kier alpha value is -2.48. The second kappa shape index (κ2) is 8.39. The fourth-order valence-corrected chi connectivity index (χ4v) is 1.99. The van der Waals surface area contributed by atoms with E-state index < -0.39 is 6.36 Å². The Labute approximate surface area is 142 Å². The third kappa shape index (κ3) is 6.74. The predicted molar refractivity (Wildman–Crippen MR) is 89.3 cm³/mol. The van der Waals surface area contributed by atoms with Gasteiger partial charge in [-0.25, -0.2) is 0 Å². The summed E-state index contributed by atoms with van der Waals surface area (Å²) in [5.74, 6) is 0.474. The zero-order chi connectivity index (χ0) is 17.4. The second-order valence-electron chi connectivity index (χ2n) is 4.61. The van der Waals surface area contributed by atoms with Crippen LogP contribution in [-0.4, -0.2) is 24.6 Å². The van der Waals surface area contributed by atoms with Gasteiger partial charge in [0, 0.05) is 5.69 Å². The number of alkyl halides is 3. The van der Waals surface area contributed by atoms with Gasteiger partial charge in [0.05, 0.1) is 6.54 Å². The monoisotopic (exact) mass is 356 g/mol. The number of hydrogen-bond donors (Lipinski definition) is 2. The molecule has 0 amide bonds. The van der Waals surface area contributed by atoms with Crippen LogP contribution in [0.1, 0.15) is 0 Å². The van der Waals surface area contributed by atoms with Gasteiger partial charge < -0.3 is 20.1 Å². The fourth-order valence-electron chi connectivity index (χ4n) is 1.77. The Balaban J connectivity index is 1.70. The highest BCUT2D eigenvalue weighted by atomic mass is 32.1. The summed E-state index contributed by atoms with van der Waals surface area (Å²) < 4.78 is 45.5. The van der Waals surface area contributed by atoms with E-state index in [2.05, 4.69) is 15.4 Å². The van der Waals surface area contributed by atoms with Crippen molar-refractivity contribution in [3.8, 4) is 11.5 Å². The Morgan fingerprint density at radius 3 is 2.25 bits per heavy atom. The van der Waals surface area contributed by atoms with Gasteiger partial charge in [-0.3, -0.25) is 0 Å². The summed E-state index contributed by atoms with van der Waals surface area (Å²) in [5, 5.41) is 6.14. The maximum Gasteiger partial charge on any atom is 0.573 e. The lowest BCUT2D eigenvalue weighted by Gasteiger charge is -2.12. The lowest BCUT2D eigenvalue weighted by molar-refractivity contribution is -0.274. The molecule has 128 valence electrons. The standard InChI is InChI=1S/C16H15F3N2O2S/c17-16(18,19)23-14-8-6-12(7-9-14)21-15(24)20-10-11-22-13-4-2-1-3-5-13/h1-9H,10-11H2,(H2,20,21,24). The molecule has 0 radical (unpaired) electrons. The predicted octanol–water partition coefficient (Wildman–Crippen LogP) is 3.95. The number of thiocarbonyl (C=S) groups is 1. The van der Waals surface area contributed by atoms with Crippen molar-refractivity contribution in [1.29, 1.82) is 0 Å². The molecule has 0 atom stereocenters. The third-order valence-electron chi connectivity index (χ3n) is 2.75. The molecule has 0 aliphatic rings. The van der Waals surface area contributed by atoms with Crippen molar-refractivity contribution in [2.75, 3.05) is 18.5 Å². The molecule has 0 aromatic heterocycles. The number of benzene rings is 2. The van der Waals surface area contributed by atoms with Gasteiger partial charge in [0.2, 0.25) is 0 Å². The van der Waals surface area contributed by atoms with E-state index in [1.54, 1.807) is 0 Å². The van der Waals surface area contributed by atoms with Crippen LogP contribution in [0.3, 0.4) is 0 Å². The van der Waals surface area contributed by atoms with Gasteiger partial charge in [-0.15, -0.1) is 13.2 Å². The average molecular weight is 356 g/mol. The highest BCUT2D eigenvalue weighted by Crippen LogP contribution is 2.23. The summed E-state index contributed by atoms with van der Waals surface area (Å²) in [4.78, 5) is 0. The number of para-hydroxylation sites is 1. The van der Waals surface area contributed by atoms with Crippen LogP contribution in [0.5, 0.6) is 11.5 Å². The van der Waals surface area contributed by atoms with Crippen molar-refractivity contribution in [1.82, 2.24) is 5.32 Å². The first-order valence-corrected chi connectivity index (χ1v) is 7.42. The van der Waals surface area contributed by atoms with E-state index in [-0.39, 0.29) is 5.75 Å². The van der Waals surface area contributed by atoms with Crippen molar-refractivity contribution in [3.63, 3.8) is 0 Å². The van der Waals surface area contributed by atoms with Crippen LogP contribution in [-0.2, 0) is 0 Å². The largest absolute Gasteiger partial charge is 0.573 e. The third-order valence-corrected chi connectivity index (χ3v) is 2.99. The van der Waals surface area contributed by atoms with E-state index in [0.29, 0.717) is 24.0 Å². The molecule has 2 N–H and O–H groups in total. The fraction of sp³-hybridized carbons (Fsp3) is 0.188. The van der Waals surface area contributed by atoms with Crippen LogP contribution in [0.4, 0.5) is 18.9 Å². The zero-order valence-corrected chi connectivity index (χ0v) is 13.3. The van der Waals surface area contributed by atoms with E-state index >= 15 is 0 Å². The van der Waals surface area contributed by atoms with E-state index in [1.807, 2.05) is 30.3 Å². The molecule has 0 fully saturated rings. The molecule has 24 heavy (non-hydrogen) atoms. The first-order chi connectivity index (χ1) is 11.4. The second-order valence-corrected chi connectivity index (χ2v) is 5.02. The van der Waals surface area contributed by atoms with Crippen LogP contribution in [0.25, 0.3) is 0 Å². The van der Waals surface area contributed by atoms with E-state index in [4.69, 9.17) is 17.0 Å². The van der Waals surface area contributed by atoms with E-state index in [0.717, 1.165) is 5.75 Å². The highest BCUT2D eigenvalue weighted by molar-refractivity contribution is 7.80. The van der Waals surface area contributed by atoms with Crippen LogP contribution in [0, 0.1) is 0 Å². The summed E-state index contributed by atoms with van der Waals surface area (Å²) in [6, 6.07) is 14.6. The lowest BCUT2D eigenvalue weighted by atomic mass is 10.3. The van der Waals surface area contributed by atoms with Gasteiger partial charge in [0.25, 0.3) is 0 Å². The normalized spacial score (nSPS) is 10.8. The molecule has 0 spiro atoms. The summed E-state index contributed by atoms with van der Waals surface area (Å²) in [7, 11) is 0. The van der Waals surface area contributed by atoms with Crippen LogP contribution < -0.4 is 20.1 Å². The van der Waals surface area contributed by atoms with Gasteiger partial charge in [0.15, 0.2) is 5.11 Å². The topological polar surface area (TPSA) is 42.5 Å². The maximum atomic E-state index is 12.1. The summed E-state index contributed by atoms with van der Waals surface area (Å²) in [6.45, 7) is 0.903. The maximum absolute atomic E-state index is 12.1. The molecule has 0 saturated carbocycles. The minimum absolute atomic E-state index is 0.289. The molecule has 8 heteroatoms. The van der Waals surface area contributed by atoms with Crippen molar-refractivity contribution < 1.29 is 22.6 Å². The number of rotatable bonds is 6. The van der Waals surface area contributed by atoms with Gasteiger partial charge in [-0.2, -0.15) is 0 Å². The van der Waals surface area contributed by atoms with Gasteiger partial charge in [-0.05, 0) is 48.6 Å². The molecule has 0 aliphatic heterocycles. The molecule has 0 unspecified atom stereocenters. The highest BCUT2D eigenvalue weighted by Gasteiger charge is 2.30. The zero-order valence-electron chi connectivity index (χ0n) is 12.5. The Kier molecular flexibility index (Phi) is 6.25. The van der Waals surface area contributed by atoms with Crippen molar-refractivity contribution in [2.45, 2.75) is 6.36 Å². The van der Waals surface area contributed by atoms with Crippen LogP contribution >= 0.6 is 12.2 Å². The first-order valence-electron chi connectivity index (χ1n) is 7.01. The van der Waals surface area contributed by atoms with Gasteiger partial charge in [0.1, 0.15) is 18.1 Å². The lowest BCUT2D eigenvalue weighted by Crippen LogP contribution is -2.31. The number of ether oxygens (including phenoxy) is 2. The number of anilines is 1. The molecule has 2 aromatic carbocycles. The van der Waals surface area contributed by atoms with Gasteiger partial charge in [-0.1, -0.05) is 18.2 Å². The van der Waals surface area contributed by atoms with E-state index in [1.165, 1.54) is 24.3 Å². The Morgan fingerprint density at radius 1 is 0.958 bits per heavy atom. The van der Waals surface area contributed by atoms with E-state index in [9.17, 15) is 13.2 Å². The molecule has 4 nitrogen and oxygen atoms in total. The van der Waals surface area contributed by atoms with Crippen molar-refractivity contribution in [2.24, 2.45) is 0 Å². The summed E-state index contributed by atoms with van der Waals surface area (Å²) >= 11 is 5.10. The SMILES string of the molecule is FC(F)(F)Oc1ccc(NC(=S)NCCOc2ccccc2)cc1. The summed E-state index contributed by atoms with van der Waals surface area (Å²) in [6.07, 6.45) is -4.70. The van der Waals surface area contributed by atoms with Crippen molar-refractivity contribution in [3.05, 3.63) is 54.6 Å². The smallest absolute Gasteiger partial charge is 0.492 e. The molecule has 0 heterocycles. The molecule has 0 saturated heterocycles. The Bertz CT molecular complexity index is 649. The van der Waals surface area contributed by atoms with Crippen molar-refractivity contribution >= 4 is 23.0 Å². The first kappa shape index (κ1) is 17.9. The van der Waals surface area contributed by atoms with Gasteiger partial charge >= 0.3 is 6.36 Å². The number of hydrogen-bond acceptors (Lipinski definition) is 3. The van der Waals surface area contributed by atoms with Crippen LogP contribution in [0.15, 0.2) is 54.6 Å². The molecule has 2 rings (SSSR count). The average Bonchev–Trinajstić information content (AvgIpc) is 2.53. The molecule has 2 aromatic rings. The summed E-state index contributed by atoms with van der Waals surface area (Å²) in [5.41, 5.74) is 0.547. The number of halogens is 3. The number of nitrogens with one attached hydrogen (secondary N) is 2. The molecular weight excluding hydrogens is 341 g/mol. The molecular formula is C16H15F3N2O2S. The van der Waals surface area contributed by atoms with Crippen LogP contribution in [0.2, 0.25) is 0 Å². The molecule has 0 aliphatic carbocycles.